The van der Waals surface area contributed by atoms with Gasteiger partial charge >= 0.3 is 0 Å². The molecule has 2 amide bonds. The smallest absolute Gasteiger partial charge is 0.223 e. The first-order valence-electron chi connectivity index (χ1n) is 7.09. The summed E-state index contributed by atoms with van der Waals surface area (Å²) in [4.78, 5) is 24.7. The second-order valence-electron chi connectivity index (χ2n) is 5.41. The van der Waals surface area contributed by atoms with Crippen molar-refractivity contribution in [1.82, 2.24) is 4.90 Å². The fourth-order valence-corrected chi connectivity index (χ4v) is 2.64. The molecule has 6 nitrogen and oxygen atoms in total. The van der Waals surface area contributed by atoms with Crippen LogP contribution in [0, 0.1) is 5.92 Å². The van der Waals surface area contributed by atoms with Gasteiger partial charge in [-0.2, -0.15) is 0 Å². The van der Waals surface area contributed by atoms with Crippen molar-refractivity contribution >= 4 is 11.8 Å². The van der Waals surface area contributed by atoms with Gasteiger partial charge in [0, 0.05) is 25.9 Å². The third kappa shape index (κ3) is 2.94. The summed E-state index contributed by atoms with van der Waals surface area (Å²) in [5.41, 5.74) is 6.23. The second-order valence-corrected chi connectivity index (χ2v) is 5.41. The van der Waals surface area contributed by atoms with Gasteiger partial charge in [-0.3, -0.25) is 9.59 Å². The molecule has 0 saturated carbocycles. The van der Waals surface area contributed by atoms with Crippen LogP contribution in [-0.2, 0) is 16.1 Å². The van der Waals surface area contributed by atoms with E-state index in [4.69, 9.17) is 15.2 Å². The van der Waals surface area contributed by atoms with Gasteiger partial charge in [-0.25, -0.2) is 0 Å². The van der Waals surface area contributed by atoms with Gasteiger partial charge in [-0.05, 0) is 17.7 Å². The first kappa shape index (κ1) is 13.7. The quantitative estimate of drug-likeness (QED) is 0.887. The molecule has 0 radical (unpaired) electrons. The van der Waals surface area contributed by atoms with E-state index in [9.17, 15) is 9.59 Å². The molecule has 1 atom stereocenters. The van der Waals surface area contributed by atoms with Gasteiger partial charge in [0.25, 0.3) is 0 Å². The molecule has 3 rings (SSSR count). The number of nitrogens with two attached hydrogens (primary N) is 1. The molecule has 1 fully saturated rings. The topological polar surface area (TPSA) is 81.9 Å². The van der Waals surface area contributed by atoms with E-state index < -0.39 is 5.91 Å². The Kier molecular flexibility index (Phi) is 3.68. The molecule has 2 N–H and O–H groups in total. The Balaban J connectivity index is 1.72. The SMILES string of the molecule is NC(=O)C1CC(=O)N(Cc2ccc3c(c2)OCCCO3)C1. The molecule has 0 spiro atoms. The van der Waals surface area contributed by atoms with Crippen LogP contribution in [0.1, 0.15) is 18.4 Å². The number of likely N-dealkylation sites (tertiary alicyclic amines) is 1. The van der Waals surface area contributed by atoms with Crippen LogP contribution in [0.2, 0.25) is 0 Å². The number of amides is 2. The normalized spacial score (nSPS) is 21.2. The Hall–Kier alpha value is -2.24. The lowest BCUT2D eigenvalue weighted by molar-refractivity contribution is -0.128. The summed E-state index contributed by atoms with van der Waals surface area (Å²) in [5.74, 6) is 0.621. The van der Waals surface area contributed by atoms with Crippen LogP contribution in [0.25, 0.3) is 0 Å². The molecule has 1 aromatic carbocycles. The largest absolute Gasteiger partial charge is 0.490 e. The van der Waals surface area contributed by atoms with Crippen molar-refractivity contribution in [2.24, 2.45) is 11.7 Å². The zero-order valence-electron chi connectivity index (χ0n) is 11.7. The minimum absolute atomic E-state index is 0.0362. The number of fused-ring (bicyclic) bond motifs is 1. The Morgan fingerprint density at radius 1 is 1.29 bits per heavy atom. The maximum Gasteiger partial charge on any atom is 0.223 e. The first-order valence-corrected chi connectivity index (χ1v) is 7.09. The summed E-state index contributed by atoms with van der Waals surface area (Å²) in [6.07, 6.45) is 1.06. The summed E-state index contributed by atoms with van der Waals surface area (Å²) in [6, 6.07) is 5.67. The maximum atomic E-state index is 11.9. The number of hydrogen-bond donors (Lipinski definition) is 1. The number of ether oxygens (including phenoxy) is 2. The summed E-state index contributed by atoms with van der Waals surface area (Å²) in [6.45, 7) is 2.13. The number of benzene rings is 1. The Bertz CT molecular complexity index is 573. The molecule has 0 aromatic heterocycles. The number of carbonyl (C=O) groups is 2. The van der Waals surface area contributed by atoms with E-state index in [1.54, 1.807) is 4.90 Å². The highest BCUT2D eigenvalue weighted by atomic mass is 16.5. The predicted molar refractivity (Wildman–Crippen MR) is 74.8 cm³/mol. The molecule has 6 heteroatoms. The lowest BCUT2D eigenvalue weighted by Gasteiger charge is -2.17. The molecule has 2 heterocycles. The van der Waals surface area contributed by atoms with Crippen molar-refractivity contribution in [3.63, 3.8) is 0 Å². The highest BCUT2D eigenvalue weighted by molar-refractivity contribution is 5.88. The van der Waals surface area contributed by atoms with E-state index in [1.807, 2.05) is 18.2 Å². The Morgan fingerprint density at radius 3 is 2.76 bits per heavy atom. The minimum atomic E-state index is -0.412. The minimum Gasteiger partial charge on any atom is -0.490 e. The summed E-state index contributed by atoms with van der Waals surface area (Å²) in [5, 5.41) is 0. The summed E-state index contributed by atoms with van der Waals surface area (Å²) in [7, 11) is 0. The van der Waals surface area contributed by atoms with Crippen molar-refractivity contribution in [1.29, 1.82) is 0 Å². The van der Waals surface area contributed by atoms with Crippen molar-refractivity contribution in [3.8, 4) is 11.5 Å². The van der Waals surface area contributed by atoms with E-state index in [0.29, 0.717) is 32.1 Å². The number of nitrogens with zero attached hydrogens (tertiary/aromatic N) is 1. The van der Waals surface area contributed by atoms with Crippen LogP contribution in [0.5, 0.6) is 11.5 Å². The number of hydrogen-bond acceptors (Lipinski definition) is 4. The van der Waals surface area contributed by atoms with Crippen LogP contribution in [-0.4, -0.2) is 36.5 Å². The highest BCUT2D eigenvalue weighted by Crippen LogP contribution is 2.31. The average Bonchev–Trinajstić information content (AvgIpc) is 2.69. The molecular formula is C15H18N2O4. The van der Waals surface area contributed by atoms with E-state index >= 15 is 0 Å². The predicted octanol–water partition coefficient (Wildman–Crippen LogP) is 0.682. The monoisotopic (exact) mass is 290 g/mol. The van der Waals surface area contributed by atoms with Crippen molar-refractivity contribution < 1.29 is 19.1 Å². The molecule has 1 saturated heterocycles. The number of carbonyl (C=O) groups excluding carboxylic acids is 2. The molecule has 1 aromatic rings. The first-order chi connectivity index (χ1) is 10.1. The summed E-state index contributed by atoms with van der Waals surface area (Å²) >= 11 is 0. The molecule has 2 aliphatic rings. The van der Waals surface area contributed by atoms with Gasteiger partial charge in [0.2, 0.25) is 11.8 Å². The van der Waals surface area contributed by atoms with Crippen LogP contribution >= 0.6 is 0 Å². The van der Waals surface area contributed by atoms with Crippen LogP contribution in [0.3, 0.4) is 0 Å². The van der Waals surface area contributed by atoms with Crippen molar-refractivity contribution in [2.75, 3.05) is 19.8 Å². The third-order valence-electron chi connectivity index (χ3n) is 3.80. The van der Waals surface area contributed by atoms with Crippen LogP contribution in [0.15, 0.2) is 18.2 Å². The lowest BCUT2D eigenvalue weighted by atomic mass is 10.1. The van der Waals surface area contributed by atoms with E-state index in [1.165, 1.54) is 0 Å². The molecule has 2 aliphatic heterocycles. The van der Waals surface area contributed by atoms with E-state index in [0.717, 1.165) is 17.7 Å². The second kappa shape index (κ2) is 5.63. The standard InChI is InChI=1S/C15H18N2O4/c16-15(19)11-7-14(18)17(9-11)8-10-2-3-12-13(6-10)21-5-1-4-20-12/h2-3,6,11H,1,4-5,7-9H2,(H2,16,19). The molecule has 0 aliphatic carbocycles. The van der Waals surface area contributed by atoms with Crippen molar-refractivity contribution in [2.45, 2.75) is 19.4 Å². The third-order valence-corrected chi connectivity index (χ3v) is 3.80. The molecular weight excluding hydrogens is 272 g/mol. The Morgan fingerprint density at radius 2 is 2.05 bits per heavy atom. The summed E-state index contributed by atoms with van der Waals surface area (Å²) < 4.78 is 11.2. The van der Waals surface area contributed by atoms with Gasteiger partial charge in [-0.15, -0.1) is 0 Å². The zero-order valence-corrected chi connectivity index (χ0v) is 11.7. The number of rotatable bonds is 3. The zero-order chi connectivity index (χ0) is 14.8. The van der Waals surface area contributed by atoms with E-state index in [-0.39, 0.29) is 18.2 Å². The van der Waals surface area contributed by atoms with Gasteiger partial charge < -0.3 is 20.1 Å². The van der Waals surface area contributed by atoms with Crippen LogP contribution < -0.4 is 15.2 Å². The highest BCUT2D eigenvalue weighted by Gasteiger charge is 2.33. The number of primary amides is 1. The fraction of sp³-hybridized carbons (Fsp3) is 0.467. The molecule has 21 heavy (non-hydrogen) atoms. The van der Waals surface area contributed by atoms with Gasteiger partial charge in [0.1, 0.15) is 0 Å². The van der Waals surface area contributed by atoms with Gasteiger partial charge in [0.05, 0.1) is 19.1 Å². The Labute approximate surface area is 122 Å². The van der Waals surface area contributed by atoms with Crippen LogP contribution in [0.4, 0.5) is 0 Å². The van der Waals surface area contributed by atoms with Gasteiger partial charge in [-0.1, -0.05) is 6.07 Å². The molecule has 112 valence electrons. The van der Waals surface area contributed by atoms with Crippen molar-refractivity contribution in [3.05, 3.63) is 23.8 Å². The molecule has 1 unspecified atom stereocenters. The average molecular weight is 290 g/mol. The fourth-order valence-electron chi connectivity index (χ4n) is 2.64. The maximum absolute atomic E-state index is 11.9. The van der Waals surface area contributed by atoms with Gasteiger partial charge in [0.15, 0.2) is 11.5 Å². The van der Waals surface area contributed by atoms with E-state index in [2.05, 4.69) is 0 Å². The lowest BCUT2D eigenvalue weighted by Crippen LogP contribution is -2.28. The molecule has 0 bridgehead atoms.